The van der Waals surface area contributed by atoms with Crippen LogP contribution >= 0.6 is 15.9 Å². The maximum absolute atomic E-state index is 12.4. The minimum absolute atomic E-state index is 0.0875. The van der Waals surface area contributed by atoms with E-state index in [2.05, 4.69) is 31.8 Å². The molecule has 0 spiro atoms. The quantitative estimate of drug-likeness (QED) is 0.614. The molecule has 6 heteroatoms. The summed E-state index contributed by atoms with van der Waals surface area (Å²) in [5, 5.41) is 0. The molecule has 4 aliphatic rings. The van der Waals surface area contributed by atoms with Crippen LogP contribution in [0.4, 0.5) is 0 Å². The second-order valence-corrected chi connectivity index (χ2v) is 9.71. The van der Waals surface area contributed by atoms with Crippen LogP contribution in [0.25, 0.3) is 0 Å². The van der Waals surface area contributed by atoms with Gasteiger partial charge in [-0.2, -0.15) is 0 Å². The van der Waals surface area contributed by atoms with Crippen molar-refractivity contribution in [2.75, 3.05) is 0 Å². The Morgan fingerprint density at radius 2 is 1.79 bits per heavy atom. The molecule has 2 unspecified atom stereocenters. The number of hydrogen-bond donors (Lipinski definition) is 2. The van der Waals surface area contributed by atoms with Crippen LogP contribution in [0.2, 0.25) is 0 Å². The van der Waals surface area contributed by atoms with Crippen molar-refractivity contribution in [2.45, 2.75) is 49.3 Å². The molecule has 0 aliphatic heterocycles. The van der Waals surface area contributed by atoms with E-state index in [9.17, 15) is 9.59 Å². The zero-order valence-corrected chi connectivity index (χ0v) is 15.1. The molecule has 24 heavy (non-hydrogen) atoms. The molecule has 0 aromatic carbocycles. The summed E-state index contributed by atoms with van der Waals surface area (Å²) < 4.78 is 0.248. The molecule has 5 rings (SSSR count). The van der Waals surface area contributed by atoms with Crippen molar-refractivity contribution in [3.63, 3.8) is 0 Å². The minimum atomic E-state index is -0.312. The average molecular weight is 392 g/mol. The van der Waals surface area contributed by atoms with E-state index in [0.29, 0.717) is 12.0 Å². The standard InChI is InChI=1S/C18H22BrN3O2/c19-18-8-12-5-13(9-18)7-17(6-12,11-18)10-15(23)21-22-16(24)14-1-3-20-4-2-14/h1-4,12-13H,5-11H2,(H,21,23)(H,22,24)/t12-,13+,17?,18?. The molecule has 4 bridgehead atoms. The molecule has 1 heterocycles. The molecule has 128 valence electrons. The molecule has 4 fully saturated rings. The van der Waals surface area contributed by atoms with E-state index < -0.39 is 0 Å². The number of pyridine rings is 1. The summed E-state index contributed by atoms with van der Waals surface area (Å²) in [6.45, 7) is 0. The van der Waals surface area contributed by atoms with E-state index in [4.69, 9.17) is 0 Å². The van der Waals surface area contributed by atoms with Gasteiger partial charge >= 0.3 is 0 Å². The third-order valence-corrected chi connectivity index (χ3v) is 6.83. The first-order valence-corrected chi connectivity index (χ1v) is 9.43. The van der Waals surface area contributed by atoms with Gasteiger partial charge in [0.2, 0.25) is 5.91 Å². The fourth-order valence-electron chi connectivity index (χ4n) is 5.63. The Labute approximate surface area is 150 Å². The van der Waals surface area contributed by atoms with E-state index in [1.807, 2.05) is 0 Å². The highest BCUT2D eigenvalue weighted by Crippen LogP contribution is 2.65. The zero-order chi connectivity index (χ0) is 16.8. The van der Waals surface area contributed by atoms with Gasteiger partial charge in [0.15, 0.2) is 0 Å². The smallest absolute Gasteiger partial charge is 0.269 e. The lowest BCUT2D eigenvalue weighted by atomic mass is 9.48. The maximum atomic E-state index is 12.4. The Morgan fingerprint density at radius 3 is 2.42 bits per heavy atom. The van der Waals surface area contributed by atoms with E-state index in [-0.39, 0.29) is 21.6 Å². The molecule has 1 aromatic rings. The van der Waals surface area contributed by atoms with Gasteiger partial charge in [-0.25, -0.2) is 0 Å². The number of aromatic nitrogens is 1. The lowest BCUT2D eigenvalue weighted by molar-refractivity contribution is -0.128. The number of halogens is 1. The van der Waals surface area contributed by atoms with Gasteiger partial charge in [0.1, 0.15) is 0 Å². The fraction of sp³-hybridized carbons (Fsp3) is 0.611. The molecular formula is C18H22BrN3O2. The first kappa shape index (κ1) is 16.1. The zero-order valence-electron chi connectivity index (χ0n) is 13.6. The van der Waals surface area contributed by atoms with Crippen LogP contribution in [0.15, 0.2) is 24.5 Å². The molecule has 1 aromatic heterocycles. The summed E-state index contributed by atoms with van der Waals surface area (Å²) in [7, 11) is 0. The second-order valence-electron chi connectivity index (χ2n) is 8.03. The van der Waals surface area contributed by atoms with Gasteiger partial charge in [-0.3, -0.25) is 25.4 Å². The Kier molecular flexibility index (Phi) is 3.90. The first-order valence-electron chi connectivity index (χ1n) is 8.64. The number of hydrogen-bond acceptors (Lipinski definition) is 3. The molecular weight excluding hydrogens is 370 g/mol. The average Bonchev–Trinajstić information content (AvgIpc) is 2.50. The predicted molar refractivity (Wildman–Crippen MR) is 93.2 cm³/mol. The predicted octanol–water partition coefficient (Wildman–Crippen LogP) is 2.97. The summed E-state index contributed by atoms with van der Waals surface area (Å²) in [6, 6.07) is 3.24. The van der Waals surface area contributed by atoms with Crippen LogP contribution < -0.4 is 10.9 Å². The molecule has 4 aliphatic carbocycles. The topological polar surface area (TPSA) is 71.1 Å². The van der Waals surface area contributed by atoms with E-state index in [1.54, 1.807) is 24.5 Å². The Hall–Kier alpha value is -1.43. The summed E-state index contributed by atoms with van der Waals surface area (Å²) in [5.74, 6) is 1.11. The van der Waals surface area contributed by atoms with Crippen LogP contribution in [0.3, 0.4) is 0 Å². The van der Waals surface area contributed by atoms with Gasteiger partial charge in [0.25, 0.3) is 5.91 Å². The van der Waals surface area contributed by atoms with E-state index in [0.717, 1.165) is 31.1 Å². The fourth-order valence-corrected chi connectivity index (χ4v) is 7.14. The molecule has 4 saturated carbocycles. The van der Waals surface area contributed by atoms with Gasteiger partial charge in [0, 0.05) is 28.7 Å². The van der Waals surface area contributed by atoms with Gasteiger partial charge in [-0.05, 0) is 67.9 Å². The Balaban J connectivity index is 1.36. The number of nitrogens with one attached hydrogen (secondary N) is 2. The van der Waals surface area contributed by atoms with Crippen molar-refractivity contribution >= 4 is 27.7 Å². The van der Waals surface area contributed by atoms with Gasteiger partial charge in [0.05, 0.1) is 0 Å². The van der Waals surface area contributed by atoms with Crippen molar-refractivity contribution in [1.29, 1.82) is 0 Å². The number of carbonyl (C=O) groups is 2. The van der Waals surface area contributed by atoms with Crippen LogP contribution in [0, 0.1) is 17.3 Å². The maximum Gasteiger partial charge on any atom is 0.269 e. The highest BCUT2D eigenvalue weighted by molar-refractivity contribution is 9.10. The third-order valence-electron chi connectivity index (χ3n) is 5.90. The van der Waals surface area contributed by atoms with Gasteiger partial charge in [-0.15, -0.1) is 0 Å². The van der Waals surface area contributed by atoms with Crippen molar-refractivity contribution in [2.24, 2.45) is 17.3 Å². The lowest BCUT2D eigenvalue weighted by Gasteiger charge is -2.60. The second kappa shape index (κ2) is 5.83. The number of amides is 2. The number of carbonyl (C=O) groups excluding carboxylic acids is 2. The van der Waals surface area contributed by atoms with E-state index in [1.165, 1.54) is 19.3 Å². The summed E-state index contributed by atoms with van der Waals surface area (Å²) >= 11 is 3.97. The van der Waals surface area contributed by atoms with Crippen LogP contribution in [-0.2, 0) is 4.79 Å². The van der Waals surface area contributed by atoms with E-state index >= 15 is 0 Å². The first-order chi connectivity index (χ1) is 11.5. The molecule has 0 saturated heterocycles. The summed E-state index contributed by atoms with van der Waals surface area (Å²) in [5.41, 5.74) is 5.70. The number of rotatable bonds is 3. The minimum Gasteiger partial charge on any atom is -0.273 e. The lowest BCUT2D eigenvalue weighted by Crippen LogP contribution is -2.54. The number of nitrogens with zero attached hydrogens (tertiary/aromatic N) is 1. The Bertz CT molecular complexity index is 649. The van der Waals surface area contributed by atoms with Crippen molar-refractivity contribution in [3.05, 3.63) is 30.1 Å². The SMILES string of the molecule is O=C(CC12C[C@@H]3C[C@@H](CC(Br)(C3)C1)C2)NNC(=O)c1ccncc1. The van der Waals surface area contributed by atoms with Crippen LogP contribution in [0.1, 0.15) is 55.3 Å². The monoisotopic (exact) mass is 391 g/mol. The van der Waals surface area contributed by atoms with Crippen molar-refractivity contribution in [1.82, 2.24) is 15.8 Å². The van der Waals surface area contributed by atoms with Gasteiger partial charge in [-0.1, -0.05) is 15.9 Å². The summed E-state index contributed by atoms with van der Waals surface area (Å²) in [6.07, 6.45) is 10.9. The highest BCUT2D eigenvalue weighted by atomic mass is 79.9. The number of alkyl halides is 1. The molecule has 5 nitrogen and oxygen atoms in total. The van der Waals surface area contributed by atoms with Crippen molar-refractivity contribution < 1.29 is 9.59 Å². The normalized spacial score (nSPS) is 36.4. The Morgan fingerprint density at radius 1 is 1.12 bits per heavy atom. The molecule has 4 atom stereocenters. The van der Waals surface area contributed by atoms with Crippen LogP contribution in [-0.4, -0.2) is 21.1 Å². The summed E-state index contributed by atoms with van der Waals surface area (Å²) in [4.78, 5) is 28.3. The van der Waals surface area contributed by atoms with Gasteiger partial charge < -0.3 is 0 Å². The third kappa shape index (κ3) is 3.08. The van der Waals surface area contributed by atoms with Crippen molar-refractivity contribution in [3.8, 4) is 0 Å². The molecule has 2 N–H and O–H groups in total. The largest absolute Gasteiger partial charge is 0.273 e. The molecule has 0 radical (unpaired) electrons. The molecule has 2 amide bonds. The number of hydrazine groups is 1. The van der Waals surface area contributed by atoms with Crippen LogP contribution in [0.5, 0.6) is 0 Å². The highest BCUT2D eigenvalue weighted by Gasteiger charge is 2.57.